The van der Waals surface area contributed by atoms with Gasteiger partial charge in [-0.2, -0.15) is 0 Å². The van der Waals surface area contributed by atoms with E-state index in [0.29, 0.717) is 0 Å². The van der Waals surface area contributed by atoms with E-state index in [0.717, 1.165) is 18.9 Å². The molecule has 3 heteroatoms. The SMILES string of the molecule is [C]1NCCn2ccnc21. The van der Waals surface area contributed by atoms with Crippen molar-refractivity contribution in [1.29, 1.82) is 0 Å². The molecule has 1 aliphatic rings. The van der Waals surface area contributed by atoms with Crippen LogP contribution in [0.3, 0.4) is 0 Å². The summed E-state index contributed by atoms with van der Waals surface area (Å²) in [4.78, 5) is 4.05. The van der Waals surface area contributed by atoms with Crippen molar-refractivity contribution in [3.8, 4) is 0 Å². The van der Waals surface area contributed by atoms with Crippen molar-refractivity contribution in [2.24, 2.45) is 0 Å². The Kier molecular flexibility index (Phi) is 1.02. The third-order valence-corrected chi connectivity index (χ3v) is 1.39. The molecule has 0 fully saturated rings. The van der Waals surface area contributed by atoms with E-state index in [-0.39, 0.29) is 0 Å². The maximum absolute atomic E-state index is 4.05. The van der Waals surface area contributed by atoms with Crippen LogP contribution in [0.5, 0.6) is 0 Å². The summed E-state index contributed by atoms with van der Waals surface area (Å²) in [5, 5.41) is 2.99. The van der Waals surface area contributed by atoms with Gasteiger partial charge in [0.1, 0.15) is 12.4 Å². The van der Waals surface area contributed by atoms with Gasteiger partial charge in [0.2, 0.25) is 0 Å². The van der Waals surface area contributed by atoms with E-state index in [9.17, 15) is 0 Å². The Bertz CT molecular complexity index is 183. The zero-order chi connectivity index (χ0) is 6.10. The van der Waals surface area contributed by atoms with Crippen LogP contribution in [0.4, 0.5) is 0 Å². The Morgan fingerprint density at radius 2 is 2.78 bits per heavy atom. The molecular formula is C6H7N3. The molecule has 1 aromatic heterocycles. The predicted molar refractivity (Wildman–Crippen MR) is 32.6 cm³/mol. The van der Waals surface area contributed by atoms with Crippen molar-refractivity contribution in [2.45, 2.75) is 6.54 Å². The molecule has 0 atom stereocenters. The van der Waals surface area contributed by atoms with Crippen LogP contribution < -0.4 is 5.32 Å². The molecule has 2 radical (unpaired) electrons. The summed E-state index contributed by atoms with van der Waals surface area (Å²) < 4.78 is 2.07. The van der Waals surface area contributed by atoms with Gasteiger partial charge in [0.15, 0.2) is 0 Å². The fourth-order valence-corrected chi connectivity index (χ4v) is 0.932. The molecule has 2 rings (SSSR count). The summed E-state index contributed by atoms with van der Waals surface area (Å²) in [6.45, 7) is 4.91. The number of fused-ring (bicyclic) bond motifs is 1. The van der Waals surface area contributed by atoms with Crippen molar-refractivity contribution >= 4 is 0 Å². The lowest BCUT2D eigenvalue weighted by Crippen LogP contribution is -2.25. The molecule has 0 saturated heterocycles. The lowest BCUT2D eigenvalue weighted by atomic mass is 10.4. The van der Waals surface area contributed by atoms with E-state index in [1.54, 1.807) is 6.20 Å². The molecule has 1 aliphatic heterocycles. The maximum atomic E-state index is 4.05. The Morgan fingerprint density at radius 1 is 1.78 bits per heavy atom. The Labute approximate surface area is 53.7 Å². The molecule has 1 N–H and O–H groups in total. The third kappa shape index (κ3) is 0.733. The zero-order valence-electron chi connectivity index (χ0n) is 4.96. The first-order valence-corrected chi connectivity index (χ1v) is 2.97. The summed E-state index contributed by atoms with van der Waals surface area (Å²) in [7, 11) is 0. The highest BCUT2D eigenvalue weighted by Crippen LogP contribution is 2.01. The van der Waals surface area contributed by atoms with Gasteiger partial charge in [0, 0.05) is 25.5 Å². The topological polar surface area (TPSA) is 29.9 Å². The monoisotopic (exact) mass is 121 g/mol. The van der Waals surface area contributed by atoms with Gasteiger partial charge in [-0.3, -0.25) is 5.32 Å². The molecule has 0 aromatic carbocycles. The van der Waals surface area contributed by atoms with E-state index in [1.807, 2.05) is 6.20 Å². The number of rotatable bonds is 0. The minimum atomic E-state index is 0.904. The molecule has 0 saturated carbocycles. The minimum absolute atomic E-state index is 0.904. The molecule has 9 heavy (non-hydrogen) atoms. The molecule has 0 spiro atoms. The number of hydrogen-bond donors (Lipinski definition) is 1. The van der Waals surface area contributed by atoms with E-state index >= 15 is 0 Å². The second-order valence-corrected chi connectivity index (χ2v) is 2.00. The molecule has 46 valence electrons. The highest BCUT2D eigenvalue weighted by molar-refractivity contribution is 5.05. The lowest BCUT2D eigenvalue weighted by molar-refractivity contribution is 0.578. The molecule has 0 bridgehead atoms. The summed E-state index contributed by atoms with van der Waals surface area (Å²) >= 11 is 0. The van der Waals surface area contributed by atoms with Gasteiger partial charge in [-0.1, -0.05) is 0 Å². The van der Waals surface area contributed by atoms with Crippen LogP contribution >= 0.6 is 0 Å². The number of nitrogens with one attached hydrogen (secondary N) is 1. The average Bonchev–Trinajstić information content (AvgIpc) is 2.33. The van der Waals surface area contributed by atoms with Crippen LogP contribution in [-0.4, -0.2) is 16.1 Å². The van der Waals surface area contributed by atoms with Crippen molar-refractivity contribution in [3.05, 3.63) is 24.8 Å². The van der Waals surface area contributed by atoms with Crippen molar-refractivity contribution in [1.82, 2.24) is 14.9 Å². The first-order chi connectivity index (χ1) is 4.47. The van der Waals surface area contributed by atoms with E-state index in [4.69, 9.17) is 0 Å². The molecule has 3 nitrogen and oxygen atoms in total. The average molecular weight is 121 g/mol. The minimum Gasteiger partial charge on any atom is -0.332 e. The normalized spacial score (nSPS) is 17.3. The molecule has 0 amide bonds. The number of nitrogens with zero attached hydrogens (tertiary/aromatic N) is 2. The van der Waals surface area contributed by atoms with Crippen LogP contribution in [0.1, 0.15) is 5.82 Å². The van der Waals surface area contributed by atoms with Gasteiger partial charge in [0.25, 0.3) is 0 Å². The van der Waals surface area contributed by atoms with Gasteiger partial charge in [-0.05, 0) is 0 Å². The molecule has 2 heterocycles. The lowest BCUT2D eigenvalue weighted by Gasteiger charge is -2.12. The smallest absolute Gasteiger partial charge is 0.134 e. The van der Waals surface area contributed by atoms with Crippen LogP contribution in [-0.2, 0) is 6.54 Å². The fourth-order valence-electron chi connectivity index (χ4n) is 0.932. The fraction of sp³-hybridized carbons (Fsp3) is 0.333. The van der Waals surface area contributed by atoms with Crippen LogP contribution in [0.15, 0.2) is 12.4 Å². The summed E-state index contributed by atoms with van der Waals surface area (Å²) in [6, 6.07) is 0. The zero-order valence-corrected chi connectivity index (χ0v) is 4.96. The van der Waals surface area contributed by atoms with Crippen LogP contribution in [0.2, 0.25) is 0 Å². The first-order valence-electron chi connectivity index (χ1n) is 2.97. The van der Waals surface area contributed by atoms with Gasteiger partial charge < -0.3 is 4.57 Å². The predicted octanol–water partition coefficient (Wildman–Crippen LogP) is -0.127. The van der Waals surface area contributed by atoms with E-state index < -0.39 is 0 Å². The summed E-state index contributed by atoms with van der Waals surface area (Å²) in [5.41, 5.74) is 0. The Morgan fingerprint density at radius 3 is 3.67 bits per heavy atom. The van der Waals surface area contributed by atoms with Crippen molar-refractivity contribution in [3.63, 3.8) is 0 Å². The quantitative estimate of drug-likeness (QED) is 0.518. The Hall–Kier alpha value is -0.830. The van der Waals surface area contributed by atoms with Crippen LogP contribution in [0.25, 0.3) is 0 Å². The highest BCUT2D eigenvalue weighted by atomic mass is 15.1. The first kappa shape index (κ1) is 4.99. The molecule has 0 unspecified atom stereocenters. The number of aromatic nitrogens is 2. The van der Waals surface area contributed by atoms with Gasteiger partial charge in [-0.15, -0.1) is 0 Å². The van der Waals surface area contributed by atoms with E-state index in [2.05, 4.69) is 21.4 Å². The third-order valence-electron chi connectivity index (χ3n) is 1.39. The van der Waals surface area contributed by atoms with E-state index in [1.165, 1.54) is 0 Å². The Balaban J connectivity index is 2.39. The largest absolute Gasteiger partial charge is 0.332 e. The standard InChI is InChI=1S/C6H7N3/c1-3-9-4-2-8-6(9)5-7-1/h2,4,7H,1,3H2. The summed E-state index contributed by atoms with van der Waals surface area (Å²) in [5.74, 6) is 0.904. The van der Waals surface area contributed by atoms with Crippen molar-refractivity contribution < 1.29 is 0 Å². The number of hydrogen-bond acceptors (Lipinski definition) is 2. The van der Waals surface area contributed by atoms with Gasteiger partial charge in [-0.25, -0.2) is 4.98 Å². The van der Waals surface area contributed by atoms with Crippen LogP contribution in [0, 0.1) is 6.54 Å². The highest BCUT2D eigenvalue weighted by Gasteiger charge is 2.07. The molecule has 1 aromatic rings. The maximum Gasteiger partial charge on any atom is 0.134 e. The summed E-state index contributed by atoms with van der Waals surface area (Å²) in [6.07, 6.45) is 3.75. The molecule has 0 aliphatic carbocycles. The van der Waals surface area contributed by atoms with Crippen molar-refractivity contribution in [2.75, 3.05) is 6.54 Å². The van der Waals surface area contributed by atoms with Gasteiger partial charge >= 0.3 is 0 Å². The second-order valence-electron chi connectivity index (χ2n) is 2.00. The molecular weight excluding hydrogens is 114 g/mol. The second kappa shape index (κ2) is 1.84. The van der Waals surface area contributed by atoms with Gasteiger partial charge in [0.05, 0.1) is 0 Å². The number of imidazole rings is 1.